The number of nitrogens with one attached hydrogen (secondary N) is 2. The summed E-state index contributed by atoms with van der Waals surface area (Å²) in [5.74, 6) is 0.806. The fraction of sp³-hybridized carbons (Fsp3) is 0.389. The predicted molar refractivity (Wildman–Crippen MR) is 106 cm³/mol. The van der Waals surface area contributed by atoms with E-state index in [2.05, 4.69) is 25.3 Å². The Kier molecular flexibility index (Phi) is 4.43. The van der Waals surface area contributed by atoms with Gasteiger partial charge in [0.05, 0.1) is 16.4 Å². The normalized spacial score (nSPS) is 21.4. The number of aromatic hydroxyl groups is 1. The van der Waals surface area contributed by atoms with Crippen LogP contribution in [0.15, 0.2) is 24.3 Å². The van der Waals surface area contributed by atoms with Gasteiger partial charge in [-0.1, -0.05) is 17.7 Å². The number of phenolic OH excluding ortho intramolecular Hbond substituents is 1. The number of guanidine groups is 1. The quantitative estimate of drug-likeness (QED) is 0.459. The molecule has 1 aromatic heterocycles. The first kappa shape index (κ1) is 17.7. The first-order valence-corrected chi connectivity index (χ1v) is 9.28. The second-order valence-electron chi connectivity index (χ2n) is 6.93. The Morgan fingerprint density at radius 2 is 2.00 bits per heavy atom. The third kappa shape index (κ3) is 2.99. The van der Waals surface area contributed by atoms with Crippen molar-refractivity contribution in [2.75, 3.05) is 30.8 Å². The van der Waals surface area contributed by atoms with Gasteiger partial charge in [-0.05, 0) is 31.0 Å². The number of hydrogen-bond donors (Lipinski definition) is 4. The minimum atomic E-state index is -0.0171. The molecule has 142 valence electrons. The van der Waals surface area contributed by atoms with Gasteiger partial charge in [-0.25, -0.2) is 0 Å². The number of aromatic nitrogens is 2. The SMILES string of the molecule is CNC(=N)N1[C@@H]2CC[C@H]1CN(c1cc(-c3cccc(Cl)c3O)nnc1N)C2. The zero-order valence-corrected chi connectivity index (χ0v) is 15.7. The van der Waals surface area contributed by atoms with Gasteiger partial charge in [-0.2, -0.15) is 0 Å². The molecule has 2 bridgehead atoms. The number of halogens is 1. The third-order valence-corrected chi connectivity index (χ3v) is 5.69. The van der Waals surface area contributed by atoms with Crippen molar-refractivity contribution in [1.29, 1.82) is 5.41 Å². The van der Waals surface area contributed by atoms with Gasteiger partial charge in [0, 0.05) is 37.8 Å². The van der Waals surface area contributed by atoms with Gasteiger partial charge in [0.15, 0.2) is 11.8 Å². The summed E-state index contributed by atoms with van der Waals surface area (Å²) in [6.07, 6.45) is 2.09. The fourth-order valence-corrected chi connectivity index (χ4v) is 4.27. The van der Waals surface area contributed by atoms with Crippen molar-refractivity contribution in [2.24, 2.45) is 0 Å². The lowest BCUT2D eigenvalue weighted by molar-refractivity contribution is 0.267. The highest BCUT2D eigenvalue weighted by Gasteiger charge is 2.41. The number of nitrogens with zero attached hydrogens (tertiary/aromatic N) is 4. The molecule has 27 heavy (non-hydrogen) atoms. The maximum Gasteiger partial charge on any atom is 0.191 e. The zero-order chi connectivity index (χ0) is 19.1. The van der Waals surface area contributed by atoms with Gasteiger partial charge in [-0.3, -0.25) is 5.41 Å². The van der Waals surface area contributed by atoms with Gasteiger partial charge in [0.2, 0.25) is 0 Å². The predicted octanol–water partition coefficient (Wildman–Crippen LogP) is 1.89. The summed E-state index contributed by atoms with van der Waals surface area (Å²) in [6.45, 7) is 1.52. The van der Waals surface area contributed by atoms with Crippen LogP contribution in [0.4, 0.5) is 11.5 Å². The van der Waals surface area contributed by atoms with E-state index in [-0.39, 0.29) is 22.9 Å². The minimum Gasteiger partial charge on any atom is -0.506 e. The first-order chi connectivity index (χ1) is 13.0. The van der Waals surface area contributed by atoms with Crippen molar-refractivity contribution in [3.63, 3.8) is 0 Å². The van der Waals surface area contributed by atoms with Crippen LogP contribution in [0.25, 0.3) is 11.3 Å². The van der Waals surface area contributed by atoms with Crippen molar-refractivity contribution in [3.05, 3.63) is 29.3 Å². The molecule has 0 aliphatic carbocycles. The Labute approximate surface area is 162 Å². The van der Waals surface area contributed by atoms with E-state index in [0.717, 1.165) is 31.6 Å². The standard InChI is InChI=1S/C18H22ClN7O/c1-22-18(21)26-10-5-6-11(26)9-25(8-10)15-7-14(23-24-17(15)20)12-3-2-4-13(19)16(12)27/h2-4,7,10-11,27H,5-6,8-9H2,1H3,(H2,20,24)(H2,21,22)/t10-,11+. The highest BCUT2D eigenvalue weighted by atomic mass is 35.5. The maximum atomic E-state index is 10.3. The number of hydrogen-bond acceptors (Lipinski definition) is 6. The van der Waals surface area contributed by atoms with E-state index < -0.39 is 0 Å². The molecule has 2 atom stereocenters. The molecule has 9 heteroatoms. The molecule has 2 aliphatic heterocycles. The molecule has 2 saturated heterocycles. The molecule has 1 aromatic carbocycles. The van der Waals surface area contributed by atoms with E-state index in [9.17, 15) is 5.11 Å². The molecular formula is C18H22ClN7O. The van der Waals surface area contributed by atoms with Crippen LogP contribution >= 0.6 is 11.6 Å². The molecule has 8 nitrogen and oxygen atoms in total. The average Bonchev–Trinajstić information content (AvgIpc) is 2.93. The summed E-state index contributed by atoms with van der Waals surface area (Å²) in [4.78, 5) is 4.36. The topological polar surface area (TPSA) is 114 Å². The number of nitrogens with two attached hydrogens (primary N) is 1. The van der Waals surface area contributed by atoms with Gasteiger partial charge in [0.25, 0.3) is 0 Å². The highest BCUT2D eigenvalue weighted by Crippen LogP contribution is 2.38. The molecule has 0 saturated carbocycles. The zero-order valence-electron chi connectivity index (χ0n) is 15.0. The molecule has 3 heterocycles. The van der Waals surface area contributed by atoms with E-state index in [4.69, 9.17) is 22.7 Å². The molecule has 0 unspecified atom stereocenters. The van der Waals surface area contributed by atoms with Crippen LogP contribution in [0.5, 0.6) is 5.75 Å². The number of rotatable bonds is 2. The van der Waals surface area contributed by atoms with Gasteiger partial charge >= 0.3 is 0 Å². The van der Waals surface area contributed by atoms with Crippen molar-refractivity contribution in [1.82, 2.24) is 20.4 Å². The number of para-hydroxylation sites is 1. The van der Waals surface area contributed by atoms with Crippen LogP contribution in [-0.2, 0) is 0 Å². The maximum absolute atomic E-state index is 10.3. The van der Waals surface area contributed by atoms with Crippen molar-refractivity contribution in [3.8, 4) is 17.0 Å². The Bertz CT molecular complexity index is 876. The number of anilines is 2. The summed E-state index contributed by atoms with van der Waals surface area (Å²) in [5.41, 5.74) is 7.97. The summed E-state index contributed by atoms with van der Waals surface area (Å²) in [7, 11) is 1.78. The van der Waals surface area contributed by atoms with Crippen LogP contribution in [0.3, 0.4) is 0 Å². The molecule has 2 aliphatic rings. The van der Waals surface area contributed by atoms with E-state index >= 15 is 0 Å². The van der Waals surface area contributed by atoms with E-state index in [1.165, 1.54) is 0 Å². The highest BCUT2D eigenvalue weighted by molar-refractivity contribution is 6.32. The second-order valence-corrected chi connectivity index (χ2v) is 7.34. The molecule has 4 rings (SSSR count). The van der Waals surface area contributed by atoms with Gasteiger partial charge in [0.1, 0.15) is 5.75 Å². The number of benzene rings is 1. The lowest BCUT2D eigenvalue weighted by atomic mass is 10.1. The summed E-state index contributed by atoms with van der Waals surface area (Å²) < 4.78 is 0. The van der Waals surface area contributed by atoms with Crippen LogP contribution in [-0.4, -0.2) is 58.4 Å². The van der Waals surface area contributed by atoms with Crippen molar-refractivity contribution in [2.45, 2.75) is 24.9 Å². The van der Waals surface area contributed by atoms with Crippen molar-refractivity contribution < 1.29 is 5.11 Å². The molecule has 2 aromatic rings. The number of fused-ring (bicyclic) bond motifs is 2. The smallest absolute Gasteiger partial charge is 0.191 e. The second kappa shape index (κ2) is 6.77. The van der Waals surface area contributed by atoms with Gasteiger partial charge in [-0.15, -0.1) is 10.2 Å². The summed E-state index contributed by atoms with van der Waals surface area (Å²) >= 11 is 6.02. The molecule has 5 N–H and O–H groups in total. The van der Waals surface area contributed by atoms with E-state index in [1.54, 1.807) is 25.2 Å². The summed E-state index contributed by atoms with van der Waals surface area (Å²) in [5, 5.41) is 29.9. The Morgan fingerprint density at radius 3 is 2.67 bits per heavy atom. The lowest BCUT2D eigenvalue weighted by Gasteiger charge is -2.43. The van der Waals surface area contributed by atoms with Crippen LogP contribution in [0.2, 0.25) is 5.02 Å². The number of phenols is 1. The molecule has 0 radical (unpaired) electrons. The molecule has 0 amide bonds. The van der Waals surface area contributed by atoms with Gasteiger partial charge < -0.3 is 26.0 Å². The number of nitrogen functional groups attached to an aromatic ring is 1. The number of piperazine rings is 1. The van der Waals surface area contributed by atoms with Crippen LogP contribution < -0.4 is 16.0 Å². The Hall–Kier alpha value is -2.74. The van der Waals surface area contributed by atoms with E-state index in [0.29, 0.717) is 23.0 Å². The molecule has 2 fully saturated rings. The molecule has 0 spiro atoms. The summed E-state index contributed by atoms with van der Waals surface area (Å²) in [6, 6.07) is 7.52. The largest absolute Gasteiger partial charge is 0.506 e. The lowest BCUT2D eigenvalue weighted by Crippen LogP contribution is -2.58. The minimum absolute atomic E-state index is 0.0171. The van der Waals surface area contributed by atoms with Crippen LogP contribution in [0, 0.1) is 5.41 Å². The third-order valence-electron chi connectivity index (χ3n) is 5.38. The fourth-order valence-electron chi connectivity index (χ4n) is 4.09. The average molecular weight is 388 g/mol. The molecular weight excluding hydrogens is 366 g/mol. The first-order valence-electron chi connectivity index (χ1n) is 8.90. The van der Waals surface area contributed by atoms with Crippen molar-refractivity contribution >= 4 is 29.1 Å². The Morgan fingerprint density at radius 1 is 1.30 bits per heavy atom. The van der Waals surface area contributed by atoms with E-state index in [1.807, 2.05) is 6.07 Å². The Balaban J connectivity index is 1.66. The van der Waals surface area contributed by atoms with Crippen LogP contribution in [0.1, 0.15) is 12.8 Å². The monoisotopic (exact) mass is 387 g/mol.